The Morgan fingerprint density at radius 1 is 1.16 bits per heavy atom. The summed E-state index contributed by atoms with van der Waals surface area (Å²) in [4.78, 5) is 27.0. The number of hydrogen-bond donors (Lipinski definition) is 0. The minimum absolute atomic E-state index is 0.0664. The summed E-state index contributed by atoms with van der Waals surface area (Å²) < 4.78 is 14.9. The zero-order chi connectivity index (χ0) is 22.2. The summed E-state index contributed by atoms with van der Waals surface area (Å²) >= 11 is 1.28. The van der Waals surface area contributed by atoms with Crippen molar-refractivity contribution in [1.29, 1.82) is 0 Å². The van der Waals surface area contributed by atoms with E-state index in [1.54, 1.807) is 25.1 Å². The van der Waals surface area contributed by atoms with Gasteiger partial charge in [-0.3, -0.25) is 18.6 Å². The van der Waals surface area contributed by atoms with Crippen LogP contribution in [0.25, 0.3) is 16.7 Å². The molecule has 0 saturated carbocycles. The number of hydrogen-bond acceptors (Lipinski definition) is 7. The monoisotopic (exact) mass is 451 g/mol. The number of aromatic nitrogens is 4. The van der Waals surface area contributed by atoms with E-state index in [-0.39, 0.29) is 23.3 Å². The number of amides is 1. The van der Waals surface area contributed by atoms with E-state index < -0.39 is 0 Å². The van der Waals surface area contributed by atoms with E-state index in [4.69, 9.17) is 9.47 Å². The summed E-state index contributed by atoms with van der Waals surface area (Å²) in [5.41, 5.74) is 0.578. The molecule has 1 atom stereocenters. The Kier molecular flexibility index (Phi) is 5.22. The molecule has 10 heteroatoms. The summed E-state index contributed by atoms with van der Waals surface area (Å²) in [6.07, 6.45) is -0.240. The Morgan fingerprint density at radius 3 is 2.75 bits per heavy atom. The standard InChI is InChI=1S/C22H21N5O4S/c1-25(11-14-12-30-17-9-5-6-10-18(17)31-14)19(28)13-32-22-24-23-21-26(2)20(29)15-7-3-4-8-16(15)27(21)22/h3-10,14H,11-13H2,1-2H3. The van der Waals surface area contributed by atoms with Gasteiger partial charge < -0.3 is 14.4 Å². The highest BCUT2D eigenvalue weighted by molar-refractivity contribution is 7.99. The molecule has 9 nitrogen and oxygen atoms in total. The maximum absolute atomic E-state index is 12.8. The van der Waals surface area contributed by atoms with Gasteiger partial charge in [-0.15, -0.1) is 10.2 Å². The van der Waals surface area contributed by atoms with Gasteiger partial charge in [0.2, 0.25) is 11.7 Å². The van der Waals surface area contributed by atoms with Crippen LogP contribution in [0.1, 0.15) is 0 Å². The number of aryl methyl sites for hydroxylation is 1. The lowest BCUT2D eigenvalue weighted by molar-refractivity contribution is -0.128. The lowest BCUT2D eigenvalue weighted by atomic mass is 10.2. The molecule has 2 aromatic heterocycles. The van der Waals surface area contributed by atoms with Gasteiger partial charge in [-0.25, -0.2) is 0 Å². The second kappa shape index (κ2) is 8.19. The summed E-state index contributed by atoms with van der Waals surface area (Å²) in [6.45, 7) is 0.794. The number of thioether (sulfide) groups is 1. The molecule has 2 aromatic carbocycles. The van der Waals surface area contributed by atoms with E-state index in [2.05, 4.69) is 10.2 Å². The number of nitrogens with zero attached hydrogens (tertiary/aromatic N) is 5. The number of likely N-dealkylation sites (N-methyl/N-ethyl adjacent to an activating group) is 1. The molecule has 5 rings (SSSR count). The van der Waals surface area contributed by atoms with Gasteiger partial charge in [0.1, 0.15) is 6.61 Å². The first-order chi connectivity index (χ1) is 15.5. The first-order valence-corrected chi connectivity index (χ1v) is 11.1. The molecule has 0 bridgehead atoms. The fourth-order valence-corrected chi connectivity index (χ4v) is 4.58. The molecule has 4 aromatic rings. The predicted octanol–water partition coefficient (Wildman–Crippen LogP) is 1.97. The summed E-state index contributed by atoms with van der Waals surface area (Å²) in [7, 11) is 3.41. The average molecular weight is 452 g/mol. The minimum atomic E-state index is -0.240. The number of fused-ring (bicyclic) bond motifs is 4. The molecule has 0 aliphatic carbocycles. The summed E-state index contributed by atoms with van der Waals surface area (Å²) in [5.74, 6) is 1.95. The number of benzene rings is 2. The van der Waals surface area contributed by atoms with Crippen LogP contribution in [0.2, 0.25) is 0 Å². The number of para-hydroxylation sites is 3. The molecule has 1 unspecified atom stereocenters. The number of ether oxygens (including phenoxy) is 2. The molecular formula is C22H21N5O4S. The fourth-order valence-electron chi connectivity index (χ4n) is 3.70. The van der Waals surface area contributed by atoms with E-state index >= 15 is 0 Å². The summed E-state index contributed by atoms with van der Waals surface area (Å²) in [5, 5.41) is 9.51. The normalized spacial score (nSPS) is 15.2. The highest BCUT2D eigenvalue weighted by atomic mass is 32.2. The Balaban J connectivity index is 1.30. The van der Waals surface area contributed by atoms with Crippen LogP contribution in [0.3, 0.4) is 0 Å². The topological polar surface area (TPSA) is 91.0 Å². The van der Waals surface area contributed by atoms with Crippen LogP contribution in [-0.4, -0.2) is 62.0 Å². The zero-order valence-electron chi connectivity index (χ0n) is 17.6. The van der Waals surface area contributed by atoms with E-state index in [0.717, 1.165) is 0 Å². The van der Waals surface area contributed by atoms with Crippen LogP contribution < -0.4 is 15.0 Å². The molecule has 0 spiro atoms. The molecule has 3 heterocycles. The zero-order valence-corrected chi connectivity index (χ0v) is 18.4. The van der Waals surface area contributed by atoms with Crippen LogP contribution >= 0.6 is 11.8 Å². The predicted molar refractivity (Wildman–Crippen MR) is 120 cm³/mol. The van der Waals surface area contributed by atoms with Gasteiger partial charge in [0.05, 0.1) is 23.2 Å². The number of carbonyl (C=O) groups excluding carboxylic acids is 1. The smallest absolute Gasteiger partial charge is 0.262 e. The maximum atomic E-state index is 12.8. The maximum Gasteiger partial charge on any atom is 0.262 e. The Hall–Kier alpha value is -3.53. The Morgan fingerprint density at radius 2 is 1.91 bits per heavy atom. The van der Waals surface area contributed by atoms with Gasteiger partial charge in [-0.1, -0.05) is 36.0 Å². The molecule has 1 aliphatic heterocycles. The van der Waals surface area contributed by atoms with Gasteiger partial charge in [0.15, 0.2) is 22.8 Å². The van der Waals surface area contributed by atoms with Crippen molar-refractivity contribution >= 4 is 34.3 Å². The lowest BCUT2D eigenvalue weighted by Gasteiger charge is -2.29. The lowest BCUT2D eigenvalue weighted by Crippen LogP contribution is -2.42. The van der Waals surface area contributed by atoms with Crippen molar-refractivity contribution in [2.45, 2.75) is 11.3 Å². The number of rotatable bonds is 5. The van der Waals surface area contributed by atoms with E-state index in [9.17, 15) is 9.59 Å². The molecule has 0 saturated heterocycles. The van der Waals surface area contributed by atoms with Gasteiger partial charge in [0, 0.05) is 14.1 Å². The van der Waals surface area contributed by atoms with Crippen LogP contribution in [0.15, 0.2) is 58.5 Å². The van der Waals surface area contributed by atoms with Crippen molar-refractivity contribution in [2.24, 2.45) is 7.05 Å². The van der Waals surface area contributed by atoms with Gasteiger partial charge >= 0.3 is 0 Å². The van der Waals surface area contributed by atoms with Gasteiger partial charge in [-0.2, -0.15) is 0 Å². The van der Waals surface area contributed by atoms with Gasteiger partial charge in [-0.05, 0) is 24.3 Å². The third-order valence-corrected chi connectivity index (χ3v) is 6.31. The van der Waals surface area contributed by atoms with Gasteiger partial charge in [0.25, 0.3) is 5.56 Å². The third-order valence-electron chi connectivity index (χ3n) is 5.39. The SMILES string of the molecule is CN(CC1COc2ccccc2O1)C(=O)CSc1nnc2n(C)c(=O)c3ccccc3n12. The highest BCUT2D eigenvalue weighted by Crippen LogP contribution is 2.31. The molecule has 1 aliphatic rings. The first-order valence-electron chi connectivity index (χ1n) is 10.1. The van der Waals surface area contributed by atoms with E-state index in [1.807, 2.05) is 46.9 Å². The van der Waals surface area contributed by atoms with Crippen molar-refractivity contribution in [3.63, 3.8) is 0 Å². The molecule has 164 valence electrons. The van der Waals surface area contributed by atoms with E-state index in [0.29, 0.717) is 46.5 Å². The van der Waals surface area contributed by atoms with Crippen molar-refractivity contribution in [3.05, 3.63) is 58.9 Å². The largest absolute Gasteiger partial charge is 0.486 e. The quantitative estimate of drug-likeness (QED) is 0.429. The van der Waals surface area contributed by atoms with Crippen molar-refractivity contribution < 1.29 is 14.3 Å². The van der Waals surface area contributed by atoms with Crippen LogP contribution in [-0.2, 0) is 11.8 Å². The Bertz CT molecular complexity index is 1380. The summed E-state index contributed by atoms with van der Waals surface area (Å²) in [6, 6.07) is 14.8. The van der Waals surface area contributed by atoms with Crippen LogP contribution in [0.5, 0.6) is 11.5 Å². The number of carbonyl (C=O) groups is 1. The average Bonchev–Trinajstić information content (AvgIpc) is 3.25. The minimum Gasteiger partial charge on any atom is -0.486 e. The fraction of sp³-hybridized carbons (Fsp3) is 0.273. The van der Waals surface area contributed by atoms with Crippen molar-refractivity contribution in [1.82, 2.24) is 24.1 Å². The third kappa shape index (κ3) is 3.56. The van der Waals surface area contributed by atoms with Crippen LogP contribution in [0, 0.1) is 0 Å². The van der Waals surface area contributed by atoms with Crippen molar-refractivity contribution in [3.8, 4) is 11.5 Å². The first kappa shape index (κ1) is 20.4. The molecule has 32 heavy (non-hydrogen) atoms. The van der Waals surface area contributed by atoms with Crippen molar-refractivity contribution in [2.75, 3.05) is 26.0 Å². The highest BCUT2D eigenvalue weighted by Gasteiger charge is 2.24. The molecule has 1 amide bonds. The van der Waals surface area contributed by atoms with Crippen LogP contribution in [0.4, 0.5) is 0 Å². The molecule has 0 N–H and O–H groups in total. The second-order valence-corrected chi connectivity index (χ2v) is 8.50. The molecular weight excluding hydrogens is 430 g/mol. The Labute approximate surface area is 187 Å². The second-order valence-electron chi connectivity index (χ2n) is 7.56. The van der Waals surface area contributed by atoms with E-state index in [1.165, 1.54) is 16.3 Å². The molecule has 0 radical (unpaired) electrons. The molecule has 0 fully saturated rings.